The molecule has 9 rings (SSSR count). The number of methoxy groups -OCH3 is 2. The van der Waals surface area contributed by atoms with E-state index in [1.807, 2.05) is 67.3 Å². The van der Waals surface area contributed by atoms with E-state index in [1.54, 1.807) is 31.4 Å². The summed E-state index contributed by atoms with van der Waals surface area (Å²) in [6.45, 7) is 4.51. The molecule has 0 saturated carbocycles. The third kappa shape index (κ3) is 8.85. The van der Waals surface area contributed by atoms with Gasteiger partial charge in [-0.25, -0.2) is 0 Å². The minimum absolute atomic E-state index is 0.0436. The van der Waals surface area contributed by atoms with E-state index in [0.717, 1.165) is 23.4 Å². The number of nitrogens with one attached hydrogen (secondary N) is 3. The maximum Gasteiger partial charge on any atom is 0.288 e. The summed E-state index contributed by atoms with van der Waals surface area (Å²) < 4.78 is 60.1. The number of benzene rings is 5. The number of carbonyl (C=O) groups excluding carboxylic acids is 2. The highest BCUT2D eigenvalue weighted by Crippen LogP contribution is 2.46. The Morgan fingerprint density at radius 3 is 2.11 bits per heavy atom. The van der Waals surface area contributed by atoms with Gasteiger partial charge in [0, 0.05) is 58.2 Å². The lowest BCUT2D eigenvalue weighted by molar-refractivity contribution is -0.116. The Morgan fingerprint density at radius 1 is 0.846 bits per heavy atom. The fourth-order valence-electron chi connectivity index (χ4n) is 9.24. The first-order valence-corrected chi connectivity index (χ1v) is 23.3. The maximum atomic E-state index is 14.2. The first-order chi connectivity index (χ1) is 31.1. The van der Waals surface area contributed by atoms with Crippen molar-refractivity contribution in [2.75, 3.05) is 46.5 Å². The fraction of sp³-hybridized carbons (Fsp3) is 0.333. The summed E-state index contributed by atoms with van der Waals surface area (Å²) in [7, 11) is -1.73. The van der Waals surface area contributed by atoms with Crippen molar-refractivity contribution >= 4 is 63.0 Å². The van der Waals surface area contributed by atoms with Gasteiger partial charge in [0.15, 0.2) is 34.6 Å². The number of aliphatic hydroxyl groups excluding tert-OH is 1. The number of hydrogen-bond acceptors (Lipinski definition) is 13. The van der Waals surface area contributed by atoms with Gasteiger partial charge >= 0.3 is 0 Å². The lowest BCUT2D eigenvalue weighted by Crippen LogP contribution is -2.49. The molecular weight excluding hydrogens is 871 g/mol. The van der Waals surface area contributed by atoms with E-state index in [-0.39, 0.29) is 65.5 Å². The van der Waals surface area contributed by atoms with Crippen LogP contribution in [0.4, 0.5) is 28.4 Å². The number of ether oxygens (including phenoxy) is 4. The van der Waals surface area contributed by atoms with Crippen molar-refractivity contribution in [2.45, 2.75) is 81.2 Å². The lowest BCUT2D eigenvalue weighted by Gasteiger charge is -2.30. The molecule has 340 valence electrons. The first kappa shape index (κ1) is 44.1. The number of thiol groups is 1. The van der Waals surface area contributed by atoms with E-state index in [9.17, 15) is 27.7 Å². The standard InChI is InChI=1S/C48H51N5O10S2/c1-48(2,64)14-13-44(54)50-31-16-27(25-62-42-22-35-33(20-40(42)60-3)46(55)52-32(24-49-35)18-29-9-5-7-11-37(29)52)15-28(17-31)26-63-43-23-36-34(21-41(43)61-4)47(56)53-38-12-8-6-10-30(38)19-39(53)45(51-36)65(57,58)59/h5-12,15-17,20-23,32,39,45-46,49,51,55,64H,13-14,18-19,24-26H2,1-4H3,(H,50,54)(H,57,58,59)/t32-,39-,45?,46?/m0/s1. The SMILES string of the molecule is COc1cc2c(cc1OCc1cc(COc3cc4c(cc3OC)C(O)N3c5ccccc5C[C@H]3CN4)cc(NC(=O)CCC(C)(C)S)c1)NC(S(=O)(=O)O)[C@@H]1Cc3ccccc3N1C2=O. The highest BCUT2D eigenvalue weighted by Gasteiger charge is 2.47. The van der Waals surface area contributed by atoms with Gasteiger partial charge in [0.2, 0.25) is 5.91 Å². The predicted molar refractivity (Wildman–Crippen MR) is 252 cm³/mol. The summed E-state index contributed by atoms with van der Waals surface area (Å²) in [4.78, 5) is 30.9. The number of hydrogen-bond donors (Lipinski definition) is 6. The van der Waals surface area contributed by atoms with Crippen LogP contribution in [0.3, 0.4) is 0 Å². The molecule has 5 aromatic rings. The van der Waals surface area contributed by atoms with Crippen molar-refractivity contribution in [3.05, 3.63) is 124 Å². The number of aliphatic hydroxyl groups is 1. The molecule has 2 amide bonds. The zero-order valence-corrected chi connectivity index (χ0v) is 38.0. The van der Waals surface area contributed by atoms with Gasteiger partial charge in [-0.15, -0.1) is 0 Å². The molecule has 0 bridgehead atoms. The highest BCUT2D eigenvalue weighted by molar-refractivity contribution is 7.86. The van der Waals surface area contributed by atoms with E-state index in [1.165, 1.54) is 29.7 Å². The Balaban J connectivity index is 0.991. The van der Waals surface area contributed by atoms with Crippen LogP contribution in [-0.2, 0) is 41.0 Å². The monoisotopic (exact) mass is 921 g/mol. The van der Waals surface area contributed by atoms with E-state index < -0.39 is 33.7 Å². The maximum absolute atomic E-state index is 14.2. The number of para-hydroxylation sites is 2. The molecule has 4 atom stereocenters. The van der Waals surface area contributed by atoms with Gasteiger partial charge in [-0.1, -0.05) is 50.2 Å². The number of anilines is 5. The predicted octanol–water partition coefficient (Wildman–Crippen LogP) is 7.35. The van der Waals surface area contributed by atoms with Crippen molar-refractivity contribution in [2.24, 2.45) is 0 Å². The van der Waals surface area contributed by atoms with Crippen LogP contribution in [0.2, 0.25) is 0 Å². The zero-order valence-electron chi connectivity index (χ0n) is 36.3. The number of fused-ring (bicyclic) bond motifs is 8. The third-order valence-corrected chi connectivity index (χ3v) is 13.6. The van der Waals surface area contributed by atoms with Gasteiger partial charge < -0.3 is 49.8 Å². The molecule has 5 N–H and O–H groups in total. The third-order valence-electron chi connectivity index (χ3n) is 12.3. The fourth-order valence-corrected chi connectivity index (χ4v) is 10.2. The molecule has 15 nitrogen and oxygen atoms in total. The molecule has 0 radical (unpaired) electrons. The van der Waals surface area contributed by atoms with Crippen LogP contribution in [0, 0.1) is 0 Å². The number of rotatable bonds is 13. The Labute approximate surface area is 383 Å². The summed E-state index contributed by atoms with van der Waals surface area (Å²) in [6, 6.07) is 26.5. The number of carbonyl (C=O) groups is 2. The molecule has 0 aliphatic carbocycles. The van der Waals surface area contributed by atoms with Gasteiger partial charge in [0.1, 0.15) is 13.2 Å². The van der Waals surface area contributed by atoms with Crippen LogP contribution >= 0.6 is 12.6 Å². The van der Waals surface area contributed by atoms with E-state index >= 15 is 0 Å². The average molecular weight is 922 g/mol. The summed E-state index contributed by atoms with van der Waals surface area (Å²) in [6.07, 6.45) is 0.891. The van der Waals surface area contributed by atoms with Crippen LogP contribution in [0.1, 0.15) is 71.1 Å². The minimum Gasteiger partial charge on any atom is -0.493 e. The molecule has 5 aromatic carbocycles. The summed E-state index contributed by atoms with van der Waals surface area (Å²) >= 11 is 4.58. The molecular formula is C48H51N5O10S2. The number of amides is 2. The van der Waals surface area contributed by atoms with E-state index in [2.05, 4.69) is 34.6 Å². The summed E-state index contributed by atoms with van der Waals surface area (Å²) in [5.41, 5.74) is 7.04. The summed E-state index contributed by atoms with van der Waals surface area (Å²) in [5.74, 6) is 0.629. The van der Waals surface area contributed by atoms with Crippen molar-refractivity contribution in [1.82, 2.24) is 0 Å². The van der Waals surface area contributed by atoms with Crippen molar-refractivity contribution < 1.29 is 46.6 Å². The Hall–Kier alpha value is -6.14. The Bertz CT molecular complexity index is 2800. The normalized spacial score (nSPS) is 19.5. The molecule has 0 saturated heterocycles. The van der Waals surface area contributed by atoms with Gasteiger partial charge in [-0.05, 0) is 84.0 Å². The second kappa shape index (κ2) is 17.3. The first-order valence-electron chi connectivity index (χ1n) is 21.4. The van der Waals surface area contributed by atoms with Crippen LogP contribution in [0.15, 0.2) is 91.0 Å². The molecule has 0 aromatic heterocycles. The topological polar surface area (TPSA) is 188 Å². The lowest BCUT2D eigenvalue weighted by atomic mass is 10.1. The number of nitrogens with zero attached hydrogens (tertiary/aromatic N) is 2. The quantitative estimate of drug-likeness (QED) is 0.0509. The molecule has 0 fully saturated rings. The van der Waals surface area contributed by atoms with Gasteiger partial charge in [0.25, 0.3) is 16.0 Å². The second-order valence-electron chi connectivity index (χ2n) is 17.4. The van der Waals surface area contributed by atoms with Crippen LogP contribution in [0.25, 0.3) is 0 Å². The Kier molecular flexibility index (Phi) is 11.8. The van der Waals surface area contributed by atoms with E-state index in [4.69, 9.17) is 18.9 Å². The average Bonchev–Trinajstić information content (AvgIpc) is 3.77. The van der Waals surface area contributed by atoms with Crippen molar-refractivity contribution in [1.29, 1.82) is 0 Å². The van der Waals surface area contributed by atoms with E-state index in [0.29, 0.717) is 52.5 Å². The smallest absolute Gasteiger partial charge is 0.288 e. The molecule has 65 heavy (non-hydrogen) atoms. The highest BCUT2D eigenvalue weighted by atomic mass is 32.2. The molecule has 4 heterocycles. The van der Waals surface area contributed by atoms with Gasteiger partial charge in [-0.2, -0.15) is 21.0 Å². The van der Waals surface area contributed by atoms with Gasteiger partial charge in [-0.3, -0.25) is 14.1 Å². The Morgan fingerprint density at radius 2 is 1.46 bits per heavy atom. The second-order valence-corrected chi connectivity index (χ2v) is 20.2. The van der Waals surface area contributed by atoms with Crippen LogP contribution in [-0.4, -0.2) is 72.9 Å². The largest absolute Gasteiger partial charge is 0.493 e. The molecule has 4 aliphatic heterocycles. The molecule has 0 spiro atoms. The van der Waals surface area contributed by atoms with Crippen molar-refractivity contribution in [3.63, 3.8) is 0 Å². The van der Waals surface area contributed by atoms with Crippen LogP contribution < -0.4 is 44.7 Å². The molecule has 17 heteroatoms. The van der Waals surface area contributed by atoms with Gasteiger partial charge in [0.05, 0.1) is 37.6 Å². The minimum atomic E-state index is -4.71. The molecule has 2 unspecified atom stereocenters. The zero-order chi connectivity index (χ0) is 45.8. The van der Waals surface area contributed by atoms with Crippen molar-refractivity contribution in [3.8, 4) is 23.0 Å². The molecule has 4 aliphatic rings. The van der Waals surface area contributed by atoms with Crippen LogP contribution in [0.5, 0.6) is 23.0 Å². The summed E-state index contributed by atoms with van der Waals surface area (Å²) in [5, 5.41) is 19.6.